The highest BCUT2D eigenvalue weighted by Gasteiger charge is 2.09. The molecule has 17 heavy (non-hydrogen) atoms. The van der Waals surface area contributed by atoms with Crippen LogP contribution in [0, 0.1) is 0 Å². The van der Waals surface area contributed by atoms with Crippen molar-refractivity contribution in [3.05, 3.63) is 30.0 Å². The minimum absolute atomic E-state index is 0.0760. The van der Waals surface area contributed by atoms with E-state index in [1.807, 2.05) is 0 Å². The first kappa shape index (κ1) is 11.0. The zero-order chi connectivity index (χ0) is 12.4. The highest BCUT2D eigenvalue weighted by atomic mass is 16.5. The Morgan fingerprint density at radius 1 is 1.24 bits per heavy atom. The van der Waals surface area contributed by atoms with Crippen molar-refractivity contribution in [3.8, 4) is 5.75 Å². The number of fused-ring (bicyclic) bond motifs is 1. The monoisotopic (exact) mass is 234 g/mol. The van der Waals surface area contributed by atoms with Crippen molar-refractivity contribution in [2.75, 3.05) is 6.61 Å². The molecule has 0 aliphatic heterocycles. The summed E-state index contributed by atoms with van der Waals surface area (Å²) in [4.78, 5) is 21.4. The molecule has 0 spiro atoms. The van der Waals surface area contributed by atoms with Gasteiger partial charge in [0.15, 0.2) is 12.4 Å². The lowest BCUT2D eigenvalue weighted by Crippen LogP contribution is -2.19. The number of nitrogens with two attached hydrogens (primary N) is 2. The average molecular weight is 234 g/mol. The van der Waals surface area contributed by atoms with Crippen LogP contribution < -0.4 is 16.2 Å². The third kappa shape index (κ3) is 2.36. The summed E-state index contributed by atoms with van der Waals surface area (Å²) in [6, 6.07) is 6.44. The van der Waals surface area contributed by atoms with Crippen molar-refractivity contribution >= 4 is 22.8 Å². The molecule has 0 unspecified atom stereocenters. The average Bonchev–Trinajstić information content (AvgIpc) is 2.69. The highest BCUT2D eigenvalue weighted by molar-refractivity contribution is 5.95. The van der Waals surface area contributed by atoms with E-state index in [4.69, 9.17) is 20.6 Å². The number of primary amides is 2. The van der Waals surface area contributed by atoms with Crippen LogP contribution in [-0.2, 0) is 4.79 Å². The van der Waals surface area contributed by atoms with E-state index in [1.54, 1.807) is 18.2 Å². The molecule has 1 aromatic heterocycles. The number of hydrogen-bond donors (Lipinski definition) is 2. The lowest BCUT2D eigenvalue weighted by atomic mass is 10.2. The lowest BCUT2D eigenvalue weighted by Gasteiger charge is -2.02. The molecule has 0 aliphatic carbocycles. The van der Waals surface area contributed by atoms with E-state index >= 15 is 0 Å². The first-order valence-corrected chi connectivity index (χ1v) is 4.81. The largest absolute Gasteiger partial charge is 0.484 e. The Labute approximate surface area is 96.1 Å². The summed E-state index contributed by atoms with van der Waals surface area (Å²) < 4.78 is 10.3. The van der Waals surface area contributed by atoms with Crippen molar-refractivity contribution in [2.45, 2.75) is 0 Å². The number of carbonyl (C=O) groups is 2. The summed E-state index contributed by atoms with van der Waals surface area (Å²) in [5, 5.41) is 0.727. The summed E-state index contributed by atoms with van der Waals surface area (Å²) in [7, 11) is 0. The van der Waals surface area contributed by atoms with Gasteiger partial charge in [0.2, 0.25) is 0 Å². The van der Waals surface area contributed by atoms with Gasteiger partial charge in [-0.1, -0.05) is 0 Å². The van der Waals surface area contributed by atoms with E-state index in [1.165, 1.54) is 6.07 Å². The van der Waals surface area contributed by atoms with E-state index in [0.29, 0.717) is 11.3 Å². The number of rotatable bonds is 4. The van der Waals surface area contributed by atoms with Gasteiger partial charge in [-0.2, -0.15) is 0 Å². The minimum atomic E-state index is -0.638. The number of hydrogen-bond acceptors (Lipinski definition) is 4. The molecule has 2 aromatic rings. The van der Waals surface area contributed by atoms with Crippen LogP contribution in [0.3, 0.4) is 0 Å². The first-order valence-electron chi connectivity index (χ1n) is 4.81. The van der Waals surface area contributed by atoms with Gasteiger partial charge in [0, 0.05) is 11.5 Å². The Balaban J connectivity index is 2.30. The molecule has 0 fully saturated rings. The summed E-state index contributed by atoms with van der Waals surface area (Å²) in [5.74, 6) is -0.697. The molecule has 0 saturated heterocycles. The van der Waals surface area contributed by atoms with E-state index < -0.39 is 11.8 Å². The topological polar surface area (TPSA) is 109 Å². The van der Waals surface area contributed by atoms with Crippen LogP contribution in [0.15, 0.2) is 28.7 Å². The van der Waals surface area contributed by atoms with Gasteiger partial charge >= 0.3 is 0 Å². The second-order valence-corrected chi connectivity index (χ2v) is 3.43. The van der Waals surface area contributed by atoms with Gasteiger partial charge in [0.25, 0.3) is 11.8 Å². The Kier molecular flexibility index (Phi) is 2.70. The van der Waals surface area contributed by atoms with Crippen LogP contribution in [0.4, 0.5) is 0 Å². The molecular formula is C11H10N2O4. The summed E-state index contributed by atoms with van der Waals surface area (Å²) >= 11 is 0. The Morgan fingerprint density at radius 3 is 2.65 bits per heavy atom. The van der Waals surface area contributed by atoms with Gasteiger partial charge in [-0.25, -0.2) is 0 Å². The summed E-state index contributed by atoms with van der Waals surface area (Å²) in [6.07, 6.45) is 0. The van der Waals surface area contributed by atoms with Crippen LogP contribution in [0.1, 0.15) is 10.6 Å². The normalized spacial score (nSPS) is 10.4. The molecule has 4 N–H and O–H groups in total. The Hall–Kier alpha value is -2.50. The second-order valence-electron chi connectivity index (χ2n) is 3.43. The van der Waals surface area contributed by atoms with Gasteiger partial charge in [-0.3, -0.25) is 9.59 Å². The summed E-state index contributed by atoms with van der Waals surface area (Å²) in [5.41, 5.74) is 10.5. The van der Waals surface area contributed by atoms with E-state index in [-0.39, 0.29) is 12.4 Å². The number of carbonyl (C=O) groups excluding carboxylic acids is 2. The van der Waals surface area contributed by atoms with E-state index in [9.17, 15) is 9.59 Å². The SMILES string of the molecule is NC(=O)COc1ccc2cc(C(N)=O)oc2c1. The predicted octanol–water partition coefficient (Wildman–Crippen LogP) is 0.396. The Morgan fingerprint density at radius 2 is 2.00 bits per heavy atom. The number of furan rings is 1. The third-order valence-corrected chi connectivity index (χ3v) is 2.12. The minimum Gasteiger partial charge on any atom is -0.484 e. The predicted molar refractivity (Wildman–Crippen MR) is 59.4 cm³/mol. The smallest absolute Gasteiger partial charge is 0.284 e. The van der Waals surface area contributed by atoms with Crippen LogP contribution >= 0.6 is 0 Å². The molecule has 2 amide bonds. The standard InChI is InChI=1S/C11H10N2O4/c12-10(14)5-16-7-2-1-6-3-9(11(13)15)17-8(6)4-7/h1-4H,5H2,(H2,12,14)(H2,13,15). The maximum Gasteiger partial charge on any atom is 0.284 e. The van der Waals surface area contributed by atoms with Crippen LogP contribution in [0.25, 0.3) is 11.0 Å². The second kappa shape index (κ2) is 4.17. The Bertz CT molecular complexity index is 588. The molecule has 0 aliphatic rings. The van der Waals surface area contributed by atoms with Gasteiger partial charge < -0.3 is 20.6 Å². The molecule has 0 atom stereocenters. The van der Waals surface area contributed by atoms with Gasteiger partial charge in [0.1, 0.15) is 11.3 Å². The van der Waals surface area contributed by atoms with E-state index in [0.717, 1.165) is 5.39 Å². The maximum atomic E-state index is 10.9. The van der Waals surface area contributed by atoms with Gasteiger partial charge in [-0.15, -0.1) is 0 Å². The molecule has 0 radical (unpaired) electrons. The third-order valence-electron chi connectivity index (χ3n) is 2.12. The fourth-order valence-corrected chi connectivity index (χ4v) is 1.38. The summed E-state index contributed by atoms with van der Waals surface area (Å²) in [6.45, 7) is -0.213. The van der Waals surface area contributed by atoms with Gasteiger partial charge in [-0.05, 0) is 18.2 Å². The van der Waals surface area contributed by atoms with Crippen molar-refractivity contribution in [1.29, 1.82) is 0 Å². The van der Waals surface area contributed by atoms with Crippen molar-refractivity contribution in [2.24, 2.45) is 11.5 Å². The molecule has 6 heteroatoms. The number of amides is 2. The molecule has 6 nitrogen and oxygen atoms in total. The van der Waals surface area contributed by atoms with Crippen molar-refractivity contribution < 1.29 is 18.7 Å². The molecule has 1 aromatic carbocycles. The fraction of sp³-hybridized carbons (Fsp3) is 0.0909. The van der Waals surface area contributed by atoms with Crippen LogP contribution in [0.2, 0.25) is 0 Å². The molecule has 88 valence electrons. The molecule has 2 rings (SSSR count). The molecular weight excluding hydrogens is 224 g/mol. The van der Waals surface area contributed by atoms with Crippen molar-refractivity contribution in [3.63, 3.8) is 0 Å². The molecule has 1 heterocycles. The zero-order valence-electron chi connectivity index (χ0n) is 8.80. The van der Waals surface area contributed by atoms with Crippen LogP contribution in [-0.4, -0.2) is 18.4 Å². The van der Waals surface area contributed by atoms with Crippen molar-refractivity contribution in [1.82, 2.24) is 0 Å². The number of benzene rings is 1. The first-order chi connectivity index (χ1) is 8.06. The number of ether oxygens (including phenoxy) is 1. The fourth-order valence-electron chi connectivity index (χ4n) is 1.38. The van der Waals surface area contributed by atoms with Crippen LogP contribution in [0.5, 0.6) is 5.75 Å². The van der Waals surface area contributed by atoms with Gasteiger partial charge in [0.05, 0.1) is 0 Å². The maximum absolute atomic E-state index is 10.9. The molecule has 0 saturated carbocycles. The van der Waals surface area contributed by atoms with E-state index in [2.05, 4.69) is 0 Å². The lowest BCUT2D eigenvalue weighted by molar-refractivity contribution is -0.119. The zero-order valence-corrected chi connectivity index (χ0v) is 8.80. The molecule has 0 bridgehead atoms. The highest BCUT2D eigenvalue weighted by Crippen LogP contribution is 2.24. The quantitative estimate of drug-likeness (QED) is 0.797.